The molecule has 0 aliphatic carbocycles. The number of aryl methyl sites for hydroxylation is 2. The summed E-state index contributed by atoms with van der Waals surface area (Å²) in [6, 6.07) is 11.0. The average molecular weight is 584 g/mol. The van der Waals surface area contributed by atoms with Crippen molar-refractivity contribution in [2.24, 2.45) is 0 Å². The van der Waals surface area contributed by atoms with Gasteiger partial charge in [-0.05, 0) is 67.5 Å². The van der Waals surface area contributed by atoms with Gasteiger partial charge in [-0.25, -0.2) is 4.98 Å². The summed E-state index contributed by atoms with van der Waals surface area (Å²) in [4.78, 5) is 16.0. The van der Waals surface area contributed by atoms with Gasteiger partial charge in [0, 0.05) is 22.8 Å². The van der Waals surface area contributed by atoms with E-state index in [0.717, 1.165) is 33.0 Å². The number of rotatable bonds is 9. The number of nitrogens with zero attached hydrogens (tertiary/aromatic N) is 1. The van der Waals surface area contributed by atoms with Crippen molar-refractivity contribution in [3.8, 4) is 10.6 Å². The molecule has 0 radical (unpaired) electrons. The fraction of sp³-hybridized carbons (Fsp3) is 0.400. The van der Waals surface area contributed by atoms with Crippen molar-refractivity contribution in [2.75, 3.05) is 0 Å². The zero-order chi connectivity index (χ0) is 30.1. The van der Waals surface area contributed by atoms with E-state index in [0.29, 0.717) is 24.5 Å². The van der Waals surface area contributed by atoms with Gasteiger partial charge in [0.15, 0.2) is 0 Å². The largest absolute Gasteiger partial charge is 0.430 e. The minimum absolute atomic E-state index is 0.0350. The van der Waals surface area contributed by atoms with Gasteiger partial charge in [-0.15, -0.1) is 11.3 Å². The summed E-state index contributed by atoms with van der Waals surface area (Å²) in [6.45, 7) is 9.15. The number of hydrogen-bond acceptors (Lipinski definition) is 4. The molecule has 3 nitrogen and oxygen atoms in total. The second-order valence-electron chi connectivity index (χ2n) is 10.0. The molecule has 0 aliphatic rings. The standard InChI is InChI=1S/C30H31F6NO2S/c1-6-27(7-2,23-10-11-25(19(4)15-23)26-37-24(17-40-26)16-20(5)38)22-9-8-21(18(3)14-22)12-13-28(39,29(31,32)33)30(34,35)36/h8-15,17,39H,6-7,16H2,1-5H3/b13-12+. The number of alkyl halides is 6. The highest BCUT2D eigenvalue weighted by molar-refractivity contribution is 7.13. The summed E-state index contributed by atoms with van der Waals surface area (Å²) in [5, 5.41) is 12.1. The molecule has 0 saturated carbocycles. The van der Waals surface area contributed by atoms with E-state index >= 15 is 0 Å². The molecule has 1 heterocycles. The lowest BCUT2D eigenvalue weighted by molar-refractivity contribution is -0.347. The number of thiazole rings is 1. The molecule has 10 heteroatoms. The van der Waals surface area contributed by atoms with Crippen molar-refractivity contribution in [2.45, 2.75) is 77.2 Å². The first kappa shape index (κ1) is 31.5. The van der Waals surface area contributed by atoms with Crippen LogP contribution in [0.1, 0.15) is 67.1 Å². The predicted octanol–water partition coefficient (Wildman–Crippen LogP) is 8.53. The molecule has 0 bridgehead atoms. The van der Waals surface area contributed by atoms with Crippen LogP contribution in [0.4, 0.5) is 26.3 Å². The van der Waals surface area contributed by atoms with Gasteiger partial charge in [0.05, 0.1) is 5.69 Å². The van der Waals surface area contributed by atoms with E-state index in [1.807, 2.05) is 38.3 Å². The van der Waals surface area contributed by atoms with Crippen molar-refractivity contribution in [1.82, 2.24) is 4.98 Å². The molecule has 0 atom stereocenters. The molecule has 0 aliphatic heterocycles. The van der Waals surface area contributed by atoms with Crippen LogP contribution < -0.4 is 0 Å². The summed E-state index contributed by atoms with van der Waals surface area (Å²) < 4.78 is 78.5. The molecule has 3 rings (SSSR count). The van der Waals surface area contributed by atoms with E-state index in [1.165, 1.54) is 24.3 Å². The summed E-state index contributed by atoms with van der Waals surface area (Å²) in [7, 11) is 0. The molecular weight excluding hydrogens is 552 g/mol. The van der Waals surface area contributed by atoms with Crippen LogP contribution in [0.25, 0.3) is 16.6 Å². The maximum absolute atomic E-state index is 13.1. The molecule has 40 heavy (non-hydrogen) atoms. The van der Waals surface area contributed by atoms with Crippen LogP contribution in [0, 0.1) is 13.8 Å². The molecule has 0 unspecified atom stereocenters. The first-order valence-corrected chi connectivity index (χ1v) is 13.6. The number of carbonyl (C=O) groups is 1. The second kappa shape index (κ2) is 11.5. The van der Waals surface area contributed by atoms with Crippen LogP contribution in [-0.2, 0) is 16.6 Å². The first-order valence-electron chi connectivity index (χ1n) is 12.7. The van der Waals surface area contributed by atoms with Gasteiger partial charge in [0.25, 0.3) is 5.60 Å². The van der Waals surface area contributed by atoms with E-state index in [2.05, 4.69) is 11.1 Å². The summed E-state index contributed by atoms with van der Waals surface area (Å²) in [5.41, 5.74) is -0.256. The van der Waals surface area contributed by atoms with Crippen LogP contribution in [0.2, 0.25) is 0 Å². The normalized spacial score (nSPS) is 13.3. The van der Waals surface area contributed by atoms with E-state index < -0.39 is 23.4 Å². The zero-order valence-corrected chi connectivity index (χ0v) is 23.6. The Bertz CT molecular complexity index is 1390. The van der Waals surface area contributed by atoms with E-state index in [4.69, 9.17) is 0 Å². The Morgan fingerprint density at radius 3 is 1.95 bits per heavy atom. The third-order valence-electron chi connectivity index (χ3n) is 7.39. The lowest BCUT2D eigenvalue weighted by atomic mass is 9.69. The molecule has 0 spiro atoms. The number of aliphatic hydroxyl groups is 1. The number of carbonyl (C=O) groups excluding carboxylic acids is 1. The monoisotopic (exact) mass is 583 g/mol. The fourth-order valence-electron chi connectivity index (χ4n) is 4.92. The third kappa shape index (κ3) is 6.02. The quantitative estimate of drug-likeness (QED) is 0.257. The van der Waals surface area contributed by atoms with Gasteiger partial charge in [0.1, 0.15) is 10.8 Å². The Kier molecular flexibility index (Phi) is 9.06. The third-order valence-corrected chi connectivity index (χ3v) is 8.31. The number of hydrogen-bond donors (Lipinski definition) is 1. The van der Waals surface area contributed by atoms with Crippen LogP contribution in [0.5, 0.6) is 0 Å². The smallest absolute Gasteiger partial charge is 0.370 e. The predicted molar refractivity (Wildman–Crippen MR) is 145 cm³/mol. The number of ketones is 1. The highest BCUT2D eigenvalue weighted by Gasteiger charge is 2.68. The molecule has 1 aromatic heterocycles. The topological polar surface area (TPSA) is 50.2 Å². The number of halogens is 6. The highest BCUT2D eigenvalue weighted by Crippen LogP contribution is 2.45. The van der Waals surface area contributed by atoms with E-state index in [-0.39, 0.29) is 23.8 Å². The van der Waals surface area contributed by atoms with Crippen LogP contribution in [0.3, 0.4) is 0 Å². The highest BCUT2D eigenvalue weighted by atomic mass is 32.1. The lowest BCUT2D eigenvalue weighted by Crippen LogP contribution is -2.55. The summed E-state index contributed by atoms with van der Waals surface area (Å²) in [6.07, 6.45) is -9.77. The van der Waals surface area contributed by atoms with Gasteiger partial charge in [0.2, 0.25) is 0 Å². The minimum Gasteiger partial charge on any atom is -0.370 e. The molecule has 1 N–H and O–H groups in total. The summed E-state index contributed by atoms with van der Waals surface area (Å²) >= 11 is 1.46. The number of Topliss-reactive ketones (excluding diaryl/α,β-unsaturated/α-hetero) is 1. The molecular formula is C30H31F6NO2S. The first-order chi connectivity index (χ1) is 18.5. The van der Waals surface area contributed by atoms with Crippen LogP contribution >= 0.6 is 11.3 Å². The Hall–Kier alpha value is -2.98. The van der Waals surface area contributed by atoms with Gasteiger partial charge >= 0.3 is 12.4 Å². The Balaban J connectivity index is 2.00. The zero-order valence-electron chi connectivity index (χ0n) is 22.8. The molecule has 0 fully saturated rings. The SMILES string of the molecule is CCC(CC)(c1ccc(/C=C/C(O)(C(F)(F)F)C(F)(F)F)c(C)c1)c1ccc(-c2nc(CC(C)=O)cs2)c(C)c1. The van der Waals surface area contributed by atoms with Crippen molar-refractivity contribution < 1.29 is 36.2 Å². The van der Waals surface area contributed by atoms with Gasteiger partial charge in [-0.1, -0.05) is 56.3 Å². The Morgan fingerprint density at radius 1 is 0.925 bits per heavy atom. The van der Waals surface area contributed by atoms with Crippen LogP contribution in [0.15, 0.2) is 47.9 Å². The minimum atomic E-state index is -5.92. The van der Waals surface area contributed by atoms with Crippen molar-refractivity contribution in [3.05, 3.63) is 81.4 Å². The number of aromatic nitrogens is 1. The van der Waals surface area contributed by atoms with E-state index in [1.54, 1.807) is 19.1 Å². The maximum Gasteiger partial charge on any atom is 0.430 e. The number of benzene rings is 2. The van der Waals surface area contributed by atoms with Crippen molar-refractivity contribution >= 4 is 23.2 Å². The Morgan fingerprint density at radius 2 is 1.48 bits per heavy atom. The molecule has 216 valence electrons. The van der Waals surface area contributed by atoms with Gasteiger partial charge in [-0.2, -0.15) is 26.3 Å². The fourth-order valence-corrected chi connectivity index (χ4v) is 5.83. The Labute approximate surface area is 233 Å². The molecule has 3 aromatic rings. The molecule has 0 saturated heterocycles. The lowest BCUT2D eigenvalue weighted by Gasteiger charge is -2.34. The van der Waals surface area contributed by atoms with Gasteiger partial charge in [-0.3, -0.25) is 4.79 Å². The maximum atomic E-state index is 13.1. The average Bonchev–Trinajstić information content (AvgIpc) is 3.30. The molecule has 2 aromatic carbocycles. The van der Waals surface area contributed by atoms with E-state index in [9.17, 15) is 36.2 Å². The van der Waals surface area contributed by atoms with Gasteiger partial charge < -0.3 is 5.11 Å². The van der Waals surface area contributed by atoms with Crippen LogP contribution in [-0.4, -0.2) is 33.8 Å². The van der Waals surface area contributed by atoms with Crippen molar-refractivity contribution in [3.63, 3.8) is 0 Å². The second-order valence-corrected chi connectivity index (χ2v) is 10.9. The molecule has 0 amide bonds. The summed E-state index contributed by atoms with van der Waals surface area (Å²) in [5.74, 6) is 0.0350. The van der Waals surface area contributed by atoms with Crippen molar-refractivity contribution in [1.29, 1.82) is 0 Å².